The predicted molar refractivity (Wildman–Crippen MR) is 67.7 cm³/mol. The molecule has 16 heavy (non-hydrogen) atoms. The lowest BCUT2D eigenvalue weighted by Crippen LogP contribution is -2.02. The second-order valence-electron chi connectivity index (χ2n) is 4.39. The number of hydrogen-bond acceptors (Lipinski definition) is 1. The summed E-state index contributed by atoms with van der Waals surface area (Å²) in [5.41, 5.74) is 2.44. The molecule has 0 bridgehead atoms. The van der Waals surface area contributed by atoms with Crippen molar-refractivity contribution in [2.75, 3.05) is 0 Å². The Labute approximate surface area is 97.3 Å². The van der Waals surface area contributed by atoms with Gasteiger partial charge in [-0.15, -0.1) is 0 Å². The van der Waals surface area contributed by atoms with Gasteiger partial charge in [-0.05, 0) is 25.0 Å². The van der Waals surface area contributed by atoms with E-state index in [1.807, 2.05) is 12.3 Å². The Kier molecular flexibility index (Phi) is 3.60. The molecular weight excluding hydrogens is 196 g/mol. The molecule has 0 aliphatic heterocycles. The predicted octanol–water partition coefficient (Wildman–Crippen LogP) is 4.02. The van der Waals surface area contributed by atoms with Crippen LogP contribution in [0.3, 0.4) is 0 Å². The van der Waals surface area contributed by atoms with Gasteiger partial charge in [0.25, 0.3) is 0 Å². The highest BCUT2D eigenvalue weighted by Crippen LogP contribution is 2.26. The molecule has 2 rings (SSSR count). The van der Waals surface area contributed by atoms with Crippen LogP contribution in [0.2, 0.25) is 0 Å². The lowest BCUT2D eigenvalue weighted by molar-refractivity contribution is 0.545. The Morgan fingerprint density at radius 1 is 1.19 bits per heavy atom. The van der Waals surface area contributed by atoms with Gasteiger partial charge in [0, 0.05) is 24.0 Å². The fourth-order valence-electron chi connectivity index (χ4n) is 2.39. The van der Waals surface area contributed by atoms with Crippen LogP contribution in [0.25, 0.3) is 5.65 Å². The minimum Gasteiger partial charge on any atom is -0.304 e. The van der Waals surface area contributed by atoms with E-state index in [-0.39, 0.29) is 0 Å². The molecule has 86 valence electrons. The van der Waals surface area contributed by atoms with Gasteiger partial charge in [-0.25, -0.2) is 4.98 Å². The molecule has 2 aromatic heterocycles. The third-order valence-corrected chi connectivity index (χ3v) is 3.14. The first kappa shape index (κ1) is 11.2. The van der Waals surface area contributed by atoms with E-state index in [0.717, 1.165) is 5.65 Å². The standard InChI is InChI=1S/C14H20N2/c1-3-7-12(8-4-2)13-11-15-14-9-5-6-10-16(13)14/h5-6,9-12H,3-4,7-8H2,1-2H3. The topological polar surface area (TPSA) is 17.3 Å². The van der Waals surface area contributed by atoms with E-state index in [1.165, 1.54) is 31.4 Å². The molecular formula is C14H20N2. The first-order valence-corrected chi connectivity index (χ1v) is 6.28. The summed E-state index contributed by atoms with van der Waals surface area (Å²) in [7, 11) is 0. The van der Waals surface area contributed by atoms with Crippen molar-refractivity contribution in [2.24, 2.45) is 0 Å². The lowest BCUT2D eigenvalue weighted by Gasteiger charge is -2.14. The highest BCUT2D eigenvalue weighted by molar-refractivity contribution is 5.40. The molecule has 0 aromatic carbocycles. The number of fused-ring (bicyclic) bond motifs is 1. The van der Waals surface area contributed by atoms with Crippen molar-refractivity contribution in [3.05, 3.63) is 36.3 Å². The van der Waals surface area contributed by atoms with E-state index in [4.69, 9.17) is 0 Å². The Hall–Kier alpha value is -1.31. The second-order valence-corrected chi connectivity index (χ2v) is 4.39. The number of rotatable bonds is 5. The molecule has 0 N–H and O–H groups in total. The molecule has 2 heteroatoms. The molecule has 2 aromatic rings. The zero-order valence-electron chi connectivity index (χ0n) is 10.2. The van der Waals surface area contributed by atoms with Crippen molar-refractivity contribution in [1.82, 2.24) is 9.38 Å². The molecule has 0 fully saturated rings. The summed E-state index contributed by atoms with van der Waals surface area (Å²) in [5, 5.41) is 0. The highest BCUT2D eigenvalue weighted by atomic mass is 15.0. The second kappa shape index (κ2) is 5.15. The van der Waals surface area contributed by atoms with Gasteiger partial charge in [0.1, 0.15) is 5.65 Å². The van der Waals surface area contributed by atoms with Crippen LogP contribution in [0, 0.1) is 0 Å². The van der Waals surface area contributed by atoms with Gasteiger partial charge >= 0.3 is 0 Å². The maximum atomic E-state index is 4.47. The Morgan fingerprint density at radius 2 is 1.94 bits per heavy atom. The quantitative estimate of drug-likeness (QED) is 0.738. The number of pyridine rings is 1. The molecule has 0 atom stereocenters. The van der Waals surface area contributed by atoms with Crippen LogP contribution in [0.4, 0.5) is 0 Å². The molecule has 2 heterocycles. The van der Waals surface area contributed by atoms with Crippen molar-refractivity contribution >= 4 is 5.65 Å². The fourth-order valence-corrected chi connectivity index (χ4v) is 2.39. The highest BCUT2D eigenvalue weighted by Gasteiger charge is 2.13. The number of hydrogen-bond donors (Lipinski definition) is 0. The van der Waals surface area contributed by atoms with Gasteiger partial charge in [0.2, 0.25) is 0 Å². The molecule has 2 nitrogen and oxygen atoms in total. The van der Waals surface area contributed by atoms with Crippen LogP contribution in [-0.2, 0) is 0 Å². The van der Waals surface area contributed by atoms with E-state index < -0.39 is 0 Å². The smallest absolute Gasteiger partial charge is 0.136 e. The lowest BCUT2D eigenvalue weighted by atomic mass is 9.95. The summed E-state index contributed by atoms with van der Waals surface area (Å²) in [6.45, 7) is 4.51. The van der Waals surface area contributed by atoms with Crippen LogP contribution >= 0.6 is 0 Å². The van der Waals surface area contributed by atoms with Crippen molar-refractivity contribution in [2.45, 2.75) is 45.4 Å². The van der Waals surface area contributed by atoms with Crippen molar-refractivity contribution in [3.8, 4) is 0 Å². The Morgan fingerprint density at radius 3 is 2.62 bits per heavy atom. The molecule has 0 saturated carbocycles. The number of aromatic nitrogens is 2. The molecule has 0 radical (unpaired) electrons. The van der Waals surface area contributed by atoms with Crippen LogP contribution < -0.4 is 0 Å². The first-order chi connectivity index (χ1) is 7.86. The summed E-state index contributed by atoms with van der Waals surface area (Å²) >= 11 is 0. The van der Waals surface area contributed by atoms with Crippen molar-refractivity contribution in [1.29, 1.82) is 0 Å². The largest absolute Gasteiger partial charge is 0.304 e. The molecule has 0 aliphatic rings. The summed E-state index contributed by atoms with van der Waals surface area (Å²) in [6, 6.07) is 6.19. The first-order valence-electron chi connectivity index (χ1n) is 6.28. The third kappa shape index (κ3) is 2.11. The Balaban J connectivity index is 2.36. The van der Waals surface area contributed by atoms with Crippen LogP contribution in [0.5, 0.6) is 0 Å². The molecule has 0 saturated heterocycles. The number of nitrogens with zero attached hydrogens (tertiary/aromatic N) is 2. The van der Waals surface area contributed by atoms with Crippen molar-refractivity contribution < 1.29 is 0 Å². The van der Waals surface area contributed by atoms with Crippen LogP contribution in [0.15, 0.2) is 30.6 Å². The van der Waals surface area contributed by atoms with Gasteiger partial charge in [-0.2, -0.15) is 0 Å². The van der Waals surface area contributed by atoms with Crippen LogP contribution in [-0.4, -0.2) is 9.38 Å². The van der Waals surface area contributed by atoms with Gasteiger partial charge in [0.05, 0.1) is 0 Å². The summed E-state index contributed by atoms with van der Waals surface area (Å²) in [4.78, 5) is 4.47. The van der Waals surface area contributed by atoms with Crippen LogP contribution in [0.1, 0.15) is 51.1 Å². The van der Waals surface area contributed by atoms with Gasteiger partial charge in [-0.1, -0.05) is 32.8 Å². The molecule has 0 unspecified atom stereocenters. The number of imidazole rings is 1. The SMILES string of the molecule is CCCC(CCC)c1cnc2ccccn12. The van der Waals surface area contributed by atoms with Gasteiger partial charge in [0.15, 0.2) is 0 Å². The maximum Gasteiger partial charge on any atom is 0.136 e. The van der Waals surface area contributed by atoms with E-state index in [1.54, 1.807) is 0 Å². The summed E-state index contributed by atoms with van der Waals surface area (Å²) in [5.74, 6) is 0.660. The zero-order valence-corrected chi connectivity index (χ0v) is 10.2. The van der Waals surface area contributed by atoms with E-state index in [0.29, 0.717) is 5.92 Å². The van der Waals surface area contributed by atoms with E-state index in [2.05, 4.69) is 41.6 Å². The average Bonchev–Trinajstić information content (AvgIpc) is 2.72. The minimum absolute atomic E-state index is 0.660. The average molecular weight is 216 g/mol. The summed E-state index contributed by atoms with van der Waals surface area (Å²) in [6.07, 6.45) is 9.17. The maximum absolute atomic E-state index is 4.47. The third-order valence-electron chi connectivity index (χ3n) is 3.14. The minimum atomic E-state index is 0.660. The van der Waals surface area contributed by atoms with Gasteiger partial charge in [-0.3, -0.25) is 0 Å². The molecule has 0 spiro atoms. The monoisotopic (exact) mass is 216 g/mol. The van der Waals surface area contributed by atoms with E-state index >= 15 is 0 Å². The fraction of sp³-hybridized carbons (Fsp3) is 0.500. The zero-order chi connectivity index (χ0) is 11.4. The van der Waals surface area contributed by atoms with Crippen molar-refractivity contribution in [3.63, 3.8) is 0 Å². The normalized spacial score (nSPS) is 11.4. The molecule has 0 amide bonds. The Bertz CT molecular complexity index is 439. The van der Waals surface area contributed by atoms with E-state index in [9.17, 15) is 0 Å². The van der Waals surface area contributed by atoms with Gasteiger partial charge < -0.3 is 4.40 Å². The summed E-state index contributed by atoms with van der Waals surface area (Å²) < 4.78 is 2.23. The molecule has 0 aliphatic carbocycles.